The molecular formula is C24H35N2O7P. The van der Waals surface area contributed by atoms with Gasteiger partial charge in [0, 0.05) is 31.5 Å². The highest BCUT2D eigenvalue weighted by Crippen LogP contribution is 2.49. The Morgan fingerprint density at radius 1 is 1.15 bits per heavy atom. The third kappa shape index (κ3) is 6.98. The summed E-state index contributed by atoms with van der Waals surface area (Å²) in [4.78, 5) is 48.4. The number of amides is 1. The zero-order chi connectivity index (χ0) is 24.7. The van der Waals surface area contributed by atoms with Gasteiger partial charge in [-0.3, -0.25) is 19.1 Å². The standard InChI is InChI=1S/C24H35N2O7P/c1-17(27)10-13-22(28)25-14-6-7-15-32-24(29)23-20-12-11-18(26(20)2)16-21(23)33-34(30,31)19-8-4-3-5-9-19/h3-5,8-9,18,20-21,23H,6-7,10-16H2,1-2H3,(H,25,28)(H,30,31)/t18?,20?,21-,23+/m0/s1. The van der Waals surface area contributed by atoms with E-state index < -0.39 is 25.6 Å². The van der Waals surface area contributed by atoms with E-state index in [1.54, 1.807) is 30.3 Å². The lowest BCUT2D eigenvalue weighted by atomic mass is 9.88. The number of ether oxygens (including phenoxy) is 1. The van der Waals surface area contributed by atoms with E-state index in [0.717, 1.165) is 12.8 Å². The van der Waals surface area contributed by atoms with Crippen LogP contribution in [0.25, 0.3) is 0 Å². The van der Waals surface area contributed by atoms with Gasteiger partial charge in [0.1, 0.15) is 5.78 Å². The zero-order valence-corrected chi connectivity index (χ0v) is 20.7. The molecule has 2 saturated heterocycles. The van der Waals surface area contributed by atoms with Crippen molar-refractivity contribution in [2.24, 2.45) is 5.92 Å². The second-order valence-electron chi connectivity index (χ2n) is 9.15. The predicted octanol–water partition coefficient (Wildman–Crippen LogP) is 2.17. The number of hydrogen-bond acceptors (Lipinski definition) is 7. The lowest BCUT2D eigenvalue weighted by Gasteiger charge is -2.41. The van der Waals surface area contributed by atoms with Gasteiger partial charge in [0.15, 0.2) is 0 Å². The van der Waals surface area contributed by atoms with Gasteiger partial charge >= 0.3 is 13.6 Å². The molecule has 3 rings (SSSR count). The molecule has 2 heterocycles. The number of rotatable bonds is 12. The highest BCUT2D eigenvalue weighted by atomic mass is 31.2. The van der Waals surface area contributed by atoms with Crippen molar-refractivity contribution in [3.8, 4) is 0 Å². The molecule has 10 heteroatoms. The maximum Gasteiger partial charge on any atom is 0.359 e. The number of ketones is 1. The Hall–Kier alpha value is -2.06. The van der Waals surface area contributed by atoms with Gasteiger partial charge < -0.3 is 24.3 Å². The molecule has 2 bridgehead atoms. The fraction of sp³-hybridized carbons (Fsp3) is 0.625. The number of nitrogens with zero attached hydrogens (tertiary/aromatic N) is 1. The summed E-state index contributed by atoms with van der Waals surface area (Å²) >= 11 is 0. The van der Waals surface area contributed by atoms with Crippen LogP contribution in [0, 0.1) is 5.92 Å². The van der Waals surface area contributed by atoms with E-state index >= 15 is 0 Å². The molecule has 0 spiro atoms. The molecule has 188 valence electrons. The lowest BCUT2D eigenvalue weighted by Crippen LogP contribution is -2.53. The Balaban J connectivity index is 1.51. The van der Waals surface area contributed by atoms with Gasteiger partial charge in [0.05, 0.1) is 23.9 Å². The quantitative estimate of drug-likeness (QED) is 0.258. The van der Waals surface area contributed by atoms with Crippen molar-refractivity contribution >= 4 is 30.6 Å². The molecule has 1 aromatic carbocycles. The minimum Gasteiger partial charge on any atom is -0.465 e. The average Bonchev–Trinajstić information content (AvgIpc) is 3.03. The van der Waals surface area contributed by atoms with Gasteiger partial charge in [0.2, 0.25) is 5.91 Å². The third-order valence-corrected chi connectivity index (χ3v) is 8.20. The van der Waals surface area contributed by atoms with Crippen molar-refractivity contribution in [3.05, 3.63) is 30.3 Å². The van der Waals surface area contributed by atoms with Crippen LogP contribution in [0.15, 0.2) is 30.3 Å². The Kier molecular flexibility index (Phi) is 9.42. The molecule has 9 nitrogen and oxygen atoms in total. The molecule has 34 heavy (non-hydrogen) atoms. The highest BCUT2D eigenvalue weighted by molar-refractivity contribution is 7.61. The van der Waals surface area contributed by atoms with Gasteiger partial charge in [0.25, 0.3) is 0 Å². The molecule has 0 saturated carbocycles. The van der Waals surface area contributed by atoms with Crippen molar-refractivity contribution in [1.29, 1.82) is 0 Å². The van der Waals surface area contributed by atoms with E-state index in [9.17, 15) is 23.8 Å². The van der Waals surface area contributed by atoms with Crippen LogP contribution in [0.3, 0.4) is 0 Å². The van der Waals surface area contributed by atoms with Crippen LogP contribution in [-0.4, -0.2) is 65.8 Å². The number of unbranched alkanes of at least 4 members (excludes halogenated alkanes) is 1. The first-order valence-electron chi connectivity index (χ1n) is 11.9. The van der Waals surface area contributed by atoms with Gasteiger partial charge in [-0.25, -0.2) is 0 Å². The molecule has 3 unspecified atom stereocenters. The van der Waals surface area contributed by atoms with Crippen molar-refractivity contribution < 1.29 is 33.1 Å². The smallest absolute Gasteiger partial charge is 0.359 e. The summed E-state index contributed by atoms with van der Waals surface area (Å²) in [5.74, 6) is -1.24. The lowest BCUT2D eigenvalue weighted by molar-refractivity contribution is -0.158. The number of Topliss-reactive ketones (excluding diaryl/α,β-unsaturated/α-hetero) is 1. The summed E-state index contributed by atoms with van der Waals surface area (Å²) in [6, 6.07) is 8.34. The Labute approximate surface area is 200 Å². The Morgan fingerprint density at radius 3 is 2.59 bits per heavy atom. The van der Waals surface area contributed by atoms with Gasteiger partial charge in [-0.2, -0.15) is 0 Å². The molecular weight excluding hydrogens is 459 g/mol. The molecule has 0 radical (unpaired) electrons. The van der Waals surface area contributed by atoms with Gasteiger partial charge in [-0.15, -0.1) is 0 Å². The van der Waals surface area contributed by atoms with Crippen LogP contribution < -0.4 is 10.6 Å². The Morgan fingerprint density at radius 2 is 1.88 bits per heavy atom. The summed E-state index contributed by atoms with van der Waals surface area (Å²) in [7, 11) is -2.11. The second kappa shape index (κ2) is 12.1. The van der Waals surface area contributed by atoms with Crippen LogP contribution in [-0.2, 0) is 28.2 Å². The second-order valence-corrected chi connectivity index (χ2v) is 10.9. The van der Waals surface area contributed by atoms with Crippen LogP contribution in [0.5, 0.6) is 0 Å². The number of hydrogen-bond donors (Lipinski definition) is 2. The molecule has 2 N–H and O–H groups in total. The van der Waals surface area contributed by atoms with E-state index in [0.29, 0.717) is 25.8 Å². The SMILES string of the molecule is CC(=O)CCC(=O)NCCCCOC(=O)[C@@H]1C2CCC(C[C@@H]1OP(=O)(O)c1ccccc1)N2C. The molecule has 1 amide bonds. The van der Waals surface area contributed by atoms with Crippen molar-refractivity contribution in [3.63, 3.8) is 0 Å². The first-order chi connectivity index (χ1) is 16.2. The first kappa shape index (κ1) is 26.5. The number of carbonyl (C=O) groups excluding carboxylic acids is 3. The van der Waals surface area contributed by atoms with E-state index in [1.165, 1.54) is 6.92 Å². The normalized spacial score (nSPS) is 26.0. The molecule has 1 aromatic rings. The summed E-state index contributed by atoms with van der Waals surface area (Å²) in [5, 5.41) is 2.96. The van der Waals surface area contributed by atoms with E-state index in [4.69, 9.17) is 9.26 Å². The Bertz CT molecular complexity index is 910. The fourth-order valence-corrected chi connectivity index (χ4v) is 6.06. The zero-order valence-electron chi connectivity index (χ0n) is 19.9. The van der Waals surface area contributed by atoms with E-state index in [1.807, 2.05) is 7.05 Å². The number of fused-ring (bicyclic) bond motifs is 2. The molecule has 5 atom stereocenters. The maximum atomic E-state index is 13.1. The maximum absolute atomic E-state index is 13.1. The monoisotopic (exact) mass is 494 g/mol. The van der Waals surface area contributed by atoms with Crippen LogP contribution in [0.1, 0.15) is 51.9 Å². The molecule has 0 aromatic heterocycles. The molecule has 2 aliphatic heterocycles. The summed E-state index contributed by atoms with van der Waals surface area (Å²) in [6.07, 6.45) is 3.14. The largest absolute Gasteiger partial charge is 0.465 e. The van der Waals surface area contributed by atoms with Crippen molar-refractivity contribution in [2.45, 2.75) is 70.1 Å². The topological polar surface area (TPSA) is 122 Å². The van der Waals surface area contributed by atoms with Crippen LogP contribution in [0.4, 0.5) is 0 Å². The number of benzene rings is 1. The van der Waals surface area contributed by atoms with Crippen molar-refractivity contribution in [2.75, 3.05) is 20.2 Å². The van der Waals surface area contributed by atoms with Crippen LogP contribution >= 0.6 is 7.60 Å². The van der Waals surface area contributed by atoms with Crippen LogP contribution in [0.2, 0.25) is 0 Å². The fourth-order valence-electron chi connectivity index (χ4n) is 4.80. The van der Waals surface area contributed by atoms with Gasteiger partial charge in [-0.1, -0.05) is 18.2 Å². The molecule has 2 aliphatic rings. The van der Waals surface area contributed by atoms with Gasteiger partial charge in [-0.05, 0) is 58.2 Å². The minimum atomic E-state index is -4.09. The highest BCUT2D eigenvalue weighted by Gasteiger charge is 2.51. The average molecular weight is 495 g/mol. The summed E-state index contributed by atoms with van der Waals surface area (Å²) < 4.78 is 24.2. The number of esters is 1. The van der Waals surface area contributed by atoms with E-state index in [2.05, 4.69) is 10.2 Å². The summed E-state index contributed by atoms with van der Waals surface area (Å²) in [5.41, 5.74) is 0. The first-order valence-corrected chi connectivity index (χ1v) is 13.5. The predicted molar refractivity (Wildman–Crippen MR) is 127 cm³/mol. The number of carbonyl (C=O) groups is 3. The number of nitrogens with one attached hydrogen (secondary N) is 1. The minimum absolute atomic E-state index is 0.0207. The van der Waals surface area contributed by atoms with Crippen molar-refractivity contribution in [1.82, 2.24) is 10.2 Å². The summed E-state index contributed by atoms with van der Waals surface area (Å²) in [6.45, 7) is 2.09. The third-order valence-electron chi connectivity index (χ3n) is 6.69. The molecule has 2 fully saturated rings. The number of piperidine rings is 1. The van der Waals surface area contributed by atoms with E-state index in [-0.39, 0.29) is 48.5 Å². The molecule has 0 aliphatic carbocycles.